The van der Waals surface area contributed by atoms with E-state index in [1.807, 2.05) is 29.8 Å². The normalized spacial score (nSPS) is 17.7. The number of piperidine rings is 1. The maximum absolute atomic E-state index is 12.2. The van der Waals surface area contributed by atoms with E-state index in [1.165, 1.54) is 32.1 Å². The van der Waals surface area contributed by atoms with Crippen LogP contribution in [0.15, 0.2) is 35.4 Å². The number of rotatable bonds is 7. The summed E-state index contributed by atoms with van der Waals surface area (Å²) in [5, 5.41) is 9.07. The van der Waals surface area contributed by atoms with E-state index >= 15 is 0 Å². The first-order chi connectivity index (χ1) is 14.7. The molecule has 7 heteroatoms. The minimum atomic E-state index is -0.0346. The lowest BCUT2D eigenvalue weighted by atomic mass is 10.1. The van der Waals surface area contributed by atoms with Crippen LogP contribution in [-0.4, -0.2) is 59.5 Å². The molecule has 4 rings (SSSR count). The number of aromatic nitrogens is 2. The summed E-state index contributed by atoms with van der Waals surface area (Å²) in [6.07, 6.45) is 8.40. The maximum Gasteiger partial charge on any atom is 0.241 e. The predicted molar refractivity (Wildman–Crippen MR) is 120 cm³/mol. The first-order valence-corrected chi connectivity index (χ1v) is 11.2. The molecule has 1 N–H and O–H groups in total. The second-order valence-electron chi connectivity index (χ2n) is 8.21. The molecule has 0 saturated carbocycles. The van der Waals surface area contributed by atoms with Gasteiger partial charge in [0.05, 0.1) is 23.2 Å². The van der Waals surface area contributed by atoms with Crippen molar-refractivity contribution in [3.8, 4) is 5.69 Å². The summed E-state index contributed by atoms with van der Waals surface area (Å²) in [6.45, 7) is 7.05. The SMILES string of the molecule is Cc1nn(-c2ccccc2)c(N2CCCC2)c1/C=N/NC(=O)CCN1CCCCC1. The Bertz CT molecular complexity index is 863. The lowest BCUT2D eigenvalue weighted by molar-refractivity contribution is -0.121. The number of anilines is 1. The summed E-state index contributed by atoms with van der Waals surface area (Å²) in [6, 6.07) is 10.2. The van der Waals surface area contributed by atoms with Gasteiger partial charge in [0.25, 0.3) is 0 Å². The number of para-hydroxylation sites is 1. The van der Waals surface area contributed by atoms with E-state index in [4.69, 9.17) is 5.10 Å². The second-order valence-corrected chi connectivity index (χ2v) is 8.21. The molecule has 2 aliphatic rings. The molecule has 0 radical (unpaired) electrons. The monoisotopic (exact) mass is 408 g/mol. The molecule has 0 unspecified atom stereocenters. The highest BCUT2D eigenvalue weighted by Gasteiger charge is 2.23. The molecule has 2 aliphatic heterocycles. The molecule has 2 aromatic rings. The Hall–Kier alpha value is -2.67. The van der Waals surface area contributed by atoms with E-state index in [9.17, 15) is 4.79 Å². The van der Waals surface area contributed by atoms with Crippen molar-refractivity contribution in [2.75, 3.05) is 37.6 Å². The van der Waals surface area contributed by atoms with Crippen LogP contribution in [-0.2, 0) is 4.79 Å². The van der Waals surface area contributed by atoms with Crippen molar-refractivity contribution in [2.45, 2.75) is 45.4 Å². The summed E-state index contributed by atoms with van der Waals surface area (Å²) in [4.78, 5) is 17.0. The quantitative estimate of drug-likeness (QED) is 0.565. The third kappa shape index (κ3) is 4.90. The van der Waals surface area contributed by atoms with E-state index in [0.717, 1.165) is 55.5 Å². The van der Waals surface area contributed by atoms with Crippen molar-refractivity contribution in [1.29, 1.82) is 0 Å². The average Bonchev–Trinajstić information content (AvgIpc) is 3.42. The number of carbonyl (C=O) groups is 1. The molecule has 30 heavy (non-hydrogen) atoms. The number of hydrazone groups is 1. The Balaban J connectivity index is 1.46. The molecule has 2 saturated heterocycles. The van der Waals surface area contributed by atoms with Gasteiger partial charge in [0.2, 0.25) is 5.91 Å². The molecule has 1 amide bonds. The average molecular weight is 409 g/mol. The lowest BCUT2D eigenvalue weighted by Crippen LogP contribution is -2.33. The summed E-state index contributed by atoms with van der Waals surface area (Å²) in [5.74, 6) is 1.02. The number of carbonyl (C=O) groups excluding carboxylic acids is 1. The Morgan fingerprint density at radius 1 is 1.07 bits per heavy atom. The summed E-state index contributed by atoms with van der Waals surface area (Å²) in [5.41, 5.74) is 5.63. The van der Waals surface area contributed by atoms with Crippen molar-refractivity contribution < 1.29 is 4.79 Å². The molecule has 0 bridgehead atoms. The van der Waals surface area contributed by atoms with Gasteiger partial charge in [0.15, 0.2) is 0 Å². The molecule has 160 valence electrons. The highest BCUT2D eigenvalue weighted by atomic mass is 16.2. The number of nitrogens with zero attached hydrogens (tertiary/aromatic N) is 5. The maximum atomic E-state index is 12.2. The highest BCUT2D eigenvalue weighted by Crippen LogP contribution is 2.28. The predicted octanol–water partition coefficient (Wildman–Crippen LogP) is 3.11. The first kappa shape index (κ1) is 20.6. The number of likely N-dealkylation sites (tertiary alicyclic amines) is 1. The Kier molecular flexibility index (Phi) is 6.79. The fourth-order valence-corrected chi connectivity index (χ4v) is 4.33. The number of aryl methyl sites for hydroxylation is 1. The van der Waals surface area contributed by atoms with Crippen molar-refractivity contribution in [3.05, 3.63) is 41.6 Å². The summed E-state index contributed by atoms with van der Waals surface area (Å²) < 4.78 is 2.00. The Morgan fingerprint density at radius 3 is 2.50 bits per heavy atom. The largest absolute Gasteiger partial charge is 0.356 e. The van der Waals surface area contributed by atoms with Crippen LogP contribution >= 0.6 is 0 Å². The number of amides is 1. The third-order valence-electron chi connectivity index (χ3n) is 5.97. The highest BCUT2D eigenvalue weighted by molar-refractivity contribution is 5.90. The van der Waals surface area contributed by atoms with Crippen molar-refractivity contribution in [2.24, 2.45) is 5.10 Å². The fourth-order valence-electron chi connectivity index (χ4n) is 4.33. The van der Waals surface area contributed by atoms with Crippen molar-refractivity contribution in [1.82, 2.24) is 20.1 Å². The molecule has 1 aromatic carbocycles. The van der Waals surface area contributed by atoms with Crippen molar-refractivity contribution in [3.63, 3.8) is 0 Å². The summed E-state index contributed by atoms with van der Waals surface area (Å²) >= 11 is 0. The van der Waals surface area contributed by atoms with Crippen LogP contribution in [0.5, 0.6) is 0 Å². The molecule has 1 aromatic heterocycles. The van der Waals surface area contributed by atoms with E-state index in [2.05, 4.69) is 32.5 Å². The molecule has 0 atom stereocenters. The van der Waals surface area contributed by atoms with Crippen LogP contribution in [0, 0.1) is 6.92 Å². The summed E-state index contributed by atoms with van der Waals surface area (Å²) in [7, 11) is 0. The van der Waals surface area contributed by atoms with Crippen LogP contribution in [0.4, 0.5) is 5.82 Å². The lowest BCUT2D eigenvalue weighted by Gasteiger charge is -2.25. The van der Waals surface area contributed by atoms with Gasteiger partial charge in [-0.25, -0.2) is 10.1 Å². The third-order valence-corrected chi connectivity index (χ3v) is 5.97. The van der Waals surface area contributed by atoms with Gasteiger partial charge >= 0.3 is 0 Å². The van der Waals surface area contributed by atoms with Gasteiger partial charge in [0.1, 0.15) is 5.82 Å². The van der Waals surface area contributed by atoms with Crippen LogP contribution in [0.2, 0.25) is 0 Å². The fraction of sp³-hybridized carbons (Fsp3) is 0.522. The number of hydrogen-bond donors (Lipinski definition) is 1. The standard InChI is InChI=1S/C23H32N6O/c1-19-21(18-24-25-22(30)12-17-27-13-6-3-7-14-27)23(28-15-8-9-16-28)29(26-19)20-10-4-2-5-11-20/h2,4-5,10-11,18H,3,6-9,12-17H2,1H3,(H,25,30)/b24-18+. The topological polar surface area (TPSA) is 65.8 Å². The zero-order chi connectivity index (χ0) is 20.8. The molecular weight excluding hydrogens is 376 g/mol. The van der Waals surface area contributed by atoms with Crippen LogP contribution < -0.4 is 10.3 Å². The van der Waals surface area contributed by atoms with Gasteiger partial charge in [-0.05, 0) is 57.8 Å². The van der Waals surface area contributed by atoms with Crippen LogP contribution in [0.25, 0.3) is 5.69 Å². The smallest absolute Gasteiger partial charge is 0.241 e. The van der Waals surface area contributed by atoms with Gasteiger partial charge < -0.3 is 9.80 Å². The minimum absolute atomic E-state index is 0.0346. The Morgan fingerprint density at radius 2 is 1.77 bits per heavy atom. The van der Waals surface area contributed by atoms with Gasteiger partial charge in [-0.1, -0.05) is 24.6 Å². The van der Waals surface area contributed by atoms with E-state index in [0.29, 0.717) is 6.42 Å². The van der Waals surface area contributed by atoms with Gasteiger partial charge in [-0.3, -0.25) is 4.79 Å². The molecule has 0 aliphatic carbocycles. The van der Waals surface area contributed by atoms with Gasteiger partial charge in [-0.15, -0.1) is 0 Å². The zero-order valence-corrected chi connectivity index (χ0v) is 17.9. The first-order valence-electron chi connectivity index (χ1n) is 11.2. The number of hydrogen-bond acceptors (Lipinski definition) is 5. The number of benzene rings is 1. The molecule has 7 nitrogen and oxygen atoms in total. The van der Waals surface area contributed by atoms with Gasteiger partial charge in [0, 0.05) is 26.1 Å². The molecule has 2 fully saturated rings. The van der Waals surface area contributed by atoms with Crippen molar-refractivity contribution >= 4 is 17.9 Å². The van der Waals surface area contributed by atoms with E-state index in [-0.39, 0.29) is 5.91 Å². The number of nitrogens with one attached hydrogen (secondary N) is 1. The molecular formula is C23H32N6O. The Labute approximate surface area is 178 Å². The second kappa shape index (κ2) is 9.89. The minimum Gasteiger partial charge on any atom is -0.356 e. The molecule has 3 heterocycles. The zero-order valence-electron chi connectivity index (χ0n) is 17.9. The van der Waals surface area contributed by atoms with Crippen LogP contribution in [0.1, 0.15) is 49.8 Å². The van der Waals surface area contributed by atoms with E-state index in [1.54, 1.807) is 6.21 Å². The molecule has 0 spiro atoms. The van der Waals surface area contributed by atoms with Crippen LogP contribution in [0.3, 0.4) is 0 Å². The van der Waals surface area contributed by atoms with E-state index < -0.39 is 0 Å². The van der Waals surface area contributed by atoms with Gasteiger partial charge in [-0.2, -0.15) is 10.2 Å².